The van der Waals surface area contributed by atoms with Crippen molar-refractivity contribution in [2.24, 2.45) is 5.10 Å². The van der Waals surface area contributed by atoms with E-state index in [1.165, 1.54) is 0 Å². The van der Waals surface area contributed by atoms with E-state index in [0.29, 0.717) is 57.7 Å². The van der Waals surface area contributed by atoms with E-state index in [-0.39, 0.29) is 5.56 Å². The van der Waals surface area contributed by atoms with E-state index in [1.807, 2.05) is 12.1 Å². The van der Waals surface area contributed by atoms with Gasteiger partial charge in [-0.05, 0) is 43.7 Å². The summed E-state index contributed by atoms with van der Waals surface area (Å²) in [6.45, 7) is 2.80. The van der Waals surface area contributed by atoms with Crippen molar-refractivity contribution in [3.8, 4) is 0 Å². The molecule has 0 atom stereocenters. The number of benzene rings is 2. The first-order chi connectivity index (χ1) is 13.5. The predicted molar refractivity (Wildman–Crippen MR) is 115 cm³/mol. The molecule has 0 spiro atoms. The third kappa shape index (κ3) is 4.52. The van der Waals surface area contributed by atoms with Gasteiger partial charge in [-0.2, -0.15) is 5.10 Å². The maximum absolute atomic E-state index is 12.9. The maximum atomic E-state index is 12.9. The average Bonchev–Trinajstić information content (AvgIpc) is 2.70. The summed E-state index contributed by atoms with van der Waals surface area (Å²) in [5.74, 6) is 0.359. The van der Waals surface area contributed by atoms with Gasteiger partial charge in [-0.1, -0.05) is 35.3 Å². The van der Waals surface area contributed by atoms with E-state index in [2.05, 4.69) is 15.5 Å². The van der Waals surface area contributed by atoms with Crippen LogP contribution in [0.5, 0.6) is 0 Å². The van der Waals surface area contributed by atoms with Gasteiger partial charge in [0, 0.05) is 35.9 Å². The van der Waals surface area contributed by atoms with Crippen LogP contribution in [-0.2, 0) is 11.3 Å². The van der Waals surface area contributed by atoms with Gasteiger partial charge in [0.25, 0.3) is 5.56 Å². The van der Waals surface area contributed by atoms with Crippen LogP contribution in [0.2, 0.25) is 10.0 Å². The summed E-state index contributed by atoms with van der Waals surface area (Å²) in [5.41, 5.74) is 4.72. The number of hydrogen-bond acceptors (Lipinski definition) is 5. The Morgan fingerprint density at radius 2 is 2.04 bits per heavy atom. The third-order valence-electron chi connectivity index (χ3n) is 4.23. The van der Waals surface area contributed by atoms with Crippen molar-refractivity contribution >= 4 is 45.8 Å². The molecule has 1 N–H and O–H groups in total. The van der Waals surface area contributed by atoms with Crippen molar-refractivity contribution in [2.45, 2.75) is 19.9 Å². The first kappa shape index (κ1) is 20.3. The summed E-state index contributed by atoms with van der Waals surface area (Å²) >= 11 is 12.3. The Balaban J connectivity index is 1.99. The Kier molecular flexibility index (Phi) is 6.67. The summed E-state index contributed by atoms with van der Waals surface area (Å²) in [5, 5.41) is 6.04. The lowest BCUT2D eigenvalue weighted by molar-refractivity contribution is 0.190. The number of aromatic nitrogens is 2. The molecule has 1 aromatic heterocycles. The lowest BCUT2D eigenvalue weighted by Crippen LogP contribution is -2.25. The zero-order valence-corrected chi connectivity index (χ0v) is 17.1. The Bertz CT molecular complexity index is 1080. The van der Waals surface area contributed by atoms with Crippen LogP contribution in [0.4, 0.5) is 5.95 Å². The molecule has 146 valence electrons. The van der Waals surface area contributed by atoms with Crippen molar-refractivity contribution in [1.82, 2.24) is 9.55 Å². The fourth-order valence-corrected chi connectivity index (χ4v) is 3.22. The molecule has 0 saturated carbocycles. The smallest absolute Gasteiger partial charge is 0.262 e. The monoisotopic (exact) mass is 418 g/mol. The molecular weight excluding hydrogens is 399 g/mol. The fourth-order valence-electron chi connectivity index (χ4n) is 2.80. The lowest BCUT2D eigenvalue weighted by atomic mass is 10.1. The molecule has 3 aromatic rings. The van der Waals surface area contributed by atoms with Gasteiger partial charge in [0.1, 0.15) is 0 Å². The summed E-state index contributed by atoms with van der Waals surface area (Å²) in [6.07, 6.45) is 0.675. The molecule has 0 radical (unpaired) electrons. The lowest BCUT2D eigenvalue weighted by Gasteiger charge is -2.13. The van der Waals surface area contributed by atoms with Crippen LogP contribution in [0.3, 0.4) is 0 Å². The minimum atomic E-state index is -0.127. The number of halogens is 2. The van der Waals surface area contributed by atoms with Gasteiger partial charge in [0.2, 0.25) is 5.95 Å². The Hall–Kier alpha value is -2.41. The minimum absolute atomic E-state index is 0.127. The molecule has 0 unspecified atom stereocenters. The van der Waals surface area contributed by atoms with Crippen LogP contribution in [0.1, 0.15) is 18.9 Å². The maximum Gasteiger partial charge on any atom is 0.262 e. The van der Waals surface area contributed by atoms with Crippen LogP contribution in [-0.4, -0.2) is 29.0 Å². The third-order valence-corrected chi connectivity index (χ3v) is 4.80. The van der Waals surface area contributed by atoms with Crippen LogP contribution in [0.25, 0.3) is 10.9 Å². The summed E-state index contributed by atoms with van der Waals surface area (Å²) in [7, 11) is 1.63. The van der Waals surface area contributed by atoms with Crippen molar-refractivity contribution < 1.29 is 4.74 Å². The van der Waals surface area contributed by atoms with Gasteiger partial charge in [-0.15, -0.1) is 0 Å². The van der Waals surface area contributed by atoms with Crippen LogP contribution < -0.4 is 11.0 Å². The summed E-state index contributed by atoms with van der Waals surface area (Å²) in [6, 6.07) is 12.4. The van der Waals surface area contributed by atoms with Gasteiger partial charge in [-0.3, -0.25) is 9.36 Å². The zero-order chi connectivity index (χ0) is 20.1. The number of fused-ring (bicyclic) bond motifs is 1. The van der Waals surface area contributed by atoms with Crippen molar-refractivity contribution in [3.63, 3.8) is 0 Å². The van der Waals surface area contributed by atoms with Crippen molar-refractivity contribution in [3.05, 3.63) is 68.4 Å². The largest absolute Gasteiger partial charge is 0.385 e. The van der Waals surface area contributed by atoms with E-state index in [0.717, 1.165) is 0 Å². The van der Waals surface area contributed by atoms with Crippen LogP contribution >= 0.6 is 23.2 Å². The number of methoxy groups -OCH3 is 1. The number of anilines is 1. The van der Waals surface area contributed by atoms with E-state index in [9.17, 15) is 4.79 Å². The Morgan fingerprint density at radius 1 is 1.25 bits per heavy atom. The Morgan fingerprint density at radius 3 is 2.82 bits per heavy atom. The molecule has 1 heterocycles. The highest BCUT2D eigenvalue weighted by molar-refractivity contribution is 6.36. The van der Waals surface area contributed by atoms with Gasteiger partial charge < -0.3 is 4.74 Å². The van der Waals surface area contributed by atoms with Crippen LogP contribution in [0, 0.1) is 0 Å². The highest BCUT2D eigenvalue weighted by Gasteiger charge is 2.11. The molecule has 3 rings (SSSR count). The second-order valence-electron chi connectivity index (χ2n) is 6.19. The second kappa shape index (κ2) is 9.19. The highest BCUT2D eigenvalue weighted by Crippen LogP contribution is 2.21. The number of ether oxygens (including phenoxy) is 1. The number of hydrogen-bond donors (Lipinski definition) is 1. The van der Waals surface area contributed by atoms with Gasteiger partial charge in [0.15, 0.2) is 0 Å². The number of rotatable bonds is 7. The van der Waals surface area contributed by atoms with E-state index < -0.39 is 0 Å². The molecule has 2 aromatic carbocycles. The van der Waals surface area contributed by atoms with Crippen LogP contribution in [0.15, 0.2) is 52.4 Å². The number of nitrogens with one attached hydrogen (secondary N) is 1. The highest BCUT2D eigenvalue weighted by atomic mass is 35.5. The molecule has 0 aliphatic carbocycles. The topological polar surface area (TPSA) is 68.5 Å². The Labute approximate surface area is 172 Å². The number of hydrazone groups is 1. The molecule has 0 fully saturated rings. The van der Waals surface area contributed by atoms with E-state index in [1.54, 1.807) is 48.9 Å². The molecule has 0 aliphatic heterocycles. The molecular formula is C20H20Cl2N4O2. The van der Waals surface area contributed by atoms with Crippen molar-refractivity contribution in [2.75, 3.05) is 19.1 Å². The standard InChI is InChI=1S/C20H20Cl2N4O2/c1-13(16-12-14(21)8-9-17(16)22)24-25-20-23-18-7-4-3-6-15(18)19(27)26(20)10-5-11-28-2/h3-4,6-9,12H,5,10-11H2,1-2H3,(H,23,25)/b24-13-. The molecule has 6 nitrogen and oxygen atoms in total. The van der Waals surface area contributed by atoms with E-state index in [4.69, 9.17) is 27.9 Å². The molecule has 0 bridgehead atoms. The van der Waals surface area contributed by atoms with E-state index >= 15 is 0 Å². The molecule has 0 aliphatic rings. The van der Waals surface area contributed by atoms with Crippen molar-refractivity contribution in [1.29, 1.82) is 0 Å². The second-order valence-corrected chi connectivity index (χ2v) is 7.03. The predicted octanol–water partition coefficient (Wildman–Crippen LogP) is 4.58. The number of para-hydroxylation sites is 1. The normalized spacial score (nSPS) is 11.8. The van der Waals surface area contributed by atoms with Gasteiger partial charge in [-0.25, -0.2) is 10.4 Å². The summed E-state index contributed by atoms with van der Waals surface area (Å²) < 4.78 is 6.67. The minimum Gasteiger partial charge on any atom is -0.385 e. The molecule has 0 amide bonds. The number of nitrogens with zero attached hydrogens (tertiary/aromatic N) is 3. The molecule has 8 heteroatoms. The average molecular weight is 419 g/mol. The van der Waals surface area contributed by atoms with Gasteiger partial charge >= 0.3 is 0 Å². The zero-order valence-electron chi connectivity index (χ0n) is 15.6. The quantitative estimate of drug-likeness (QED) is 0.346. The molecule has 28 heavy (non-hydrogen) atoms. The molecule has 0 saturated heterocycles. The SMILES string of the molecule is COCCCn1c(N/N=C(/C)c2cc(Cl)ccc2Cl)nc2ccccc2c1=O. The summed E-state index contributed by atoms with van der Waals surface area (Å²) in [4.78, 5) is 17.5. The first-order valence-corrected chi connectivity index (χ1v) is 9.51. The van der Waals surface area contributed by atoms with Gasteiger partial charge in [0.05, 0.1) is 16.6 Å². The first-order valence-electron chi connectivity index (χ1n) is 8.75. The fraction of sp³-hybridized carbons (Fsp3) is 0.250.